The van der Waals surface area contributed by atoms with Crippen LogP contribution in [0.4, 0.5) is 10.5 Å². The van der Waals surface area contributed by atoms with Crippen LogP contribution in [0.5, 0.6) is 0 Å². The number of aryl methyl sites for hydroxylation is 1. The van der Waals surface area contributed by atoms with Gasteiger partial charge >= 0.3 is 6.03 Å². The number of carbonyl (C=O) groups excluding carboxylic acids is 1. The van der Waals surface area contributed by atoms with Gasteiger partial charge in [0.2, 0.25) is 0 Å². The Morgan fingerprint density at radius 3 is 2.58 bits per heavy atom. The van der Waals surface area contributed by atoms with Crippen LogP contribution >= 0.6 is 0 Å². The first kappa shape index (κ1) is 13.4. The summed E-state index contributed by atoms with van der Waals surface area (Å²) < 4.78 is 0. The van der Waals surface area contributed by atoms with Crippen molar-refractivity contribution in [2.45, 2.75) is 38.6 Å². The van der Waals surface area contributed by atoms with Crippen molar-refractivity contribution >= 4 is 11.7 Å². The summed E-state index contributed by atoms with van der Waals surface area (Å²) in [6.07, 6.45) is 4.29. The Morgan fingerprint density at radius 2 is 2.00 bits per heavy atom. The molecule has 2 rings (SSSR count). The number of nitriles is 1. The molecule has 100 valence electrons. The molecule has 4 heteroatoms. The molecular weight excluding hydrogens is 238 g/mol. The van der Waals surface area contributed by atoms with E-state index in [9.17, 15) is 4.79 Å². The summed E-state index contributed by atoms with van der Waals surface area (Å²) in [5.74, 6) is 0. The highest BCUT2D eigenvalue weighted by Gasteiger charge is 2.26. The van der Waals surface area contributed by atoms with E-state index in [1.165, 1.54) is 0 Å². The zero-order valence-electron chi connectivity index (χ0n) is 11.2. The van der Waals surface area contributed by atoms with Gasteiger partial charge in [-0.3, -0.25) is 0 Å². The molecule has 2 amide bonds. The predicted octanol–water partition coefficient (Wildman–Crippen LogP) is 3.30. The zero-order valence-corrected chi connectivity index (χ0v) is 11.2. The fourth-order valence-corrected chi connectivity index (χ4v) is 2.49. The third-order valence-corrected chi connectivity index (χ3v) is 3.57. The van der Waals surface area contributed by atoms with Crippen molar-refractivity contribution in [3.63, 3.8) is 0 Å². The Balaban J connectivity index is 2.02. The lowest BCUT2D eigenvalue weighted by atomic mass is 10.2. The zero-order chi connectivity index (χ0) is 13.7. The van der Waals surface area contributed by atoms with E-state index < -0.39 is 0 Å². The van der Waals surface area contributed by atoms with Gasteiger partial charge in [0.05, 0.1) is 6.07 Å². The third kappa shape index (κ3) is 3.47. The van der Waals surface area contributed by atoms with Crippen molar-refractivity contribution in [1.29, 1.82) is 5.26 Å². The van der Waals surface area contributed by atoms with Crippen LogP contribution in [0, 0.1) is 18.3 Å². The molecule has 1 N–H and O–H groups in total. The van der Waals surface area contributed by atoms with Crippen molar-refractivity contribution in [1.82, 2.24) is 4.90 Å². The van der Waals surface area contributed by atoms with E-state index >= 15 is 0 Å². The number of benzene rings is 1. The number of rotatable bonds is 3. The number of nitrogens with zero attached hydrogens (tertiary/aromatic N) is 2. The Labute approximate surface area is 114 Å². The number of amides is 2. The molecule has 0 spiro atoms. The van der Waals surface area contributed by atoms with E-state index in [-0.39, 0.29) is 18.6 Å². The second kappa shape index (κ2) is 6.24. The quantitative estimate of drug-likeness (QED) is 0.845. The number of anilines is 1. The maximum atomic E-state index is 12.2. The van der Waals surface area contributed by atoms with E-state index in [0.717, 1.165) is 36.9 Å². The molecule has 1 saturated carbocycles. The molecule has 0 radical (unpaired) electrons. The minimum absolute atomic E-state index is 0.155. The SMILES string of the molecule is Cc1ccc(NC(=O)N(CC#N)C2CCCC2)cc1. The van der Waals surface area contributed by atoms with Gasteiger partial charge in [-0.25, -0.2) is 4.79 Å². The largest absolute Gasteiger partial charge is 0.322 e. The summed E-state index contributed by atoms with van der Waals surface area (Å²) in [5.41, 5.74) is 1.93. The summed E-state index contributed by atoms with van der Waals surface area (Å²) >= 11 is 0. The molecule has 1 fully saturated rings. The number of hydrogen-bond donors (Lipinski definition) is 1. The molecule has 19 heavy (non-hydrogen) atoms. The highest BCUT2D eigenvalue weighted by molar-refractivity contribution is 5.89. The summed E-state index contributed by atoms with van der Waals surface area (Å²) in [6.45, 7) is 2.16. The Kier molecular flexibility index (Phi) is 4.40. The third-order valence-electron chi connectivity index (χ3n) is 3.57. The maximum absolute atomic E-state index is 12.2. The molecule has 0 bridgehead atoms. The predicted molar refractivity (Wildman–Crippen MR) is 74.8 cm³/mol. The van der Waals surface area contributed by atoms with Crippen LogP contribution < -0.4 is 5.32 Å². The van der Waals surface area contributed by atoms with Crippen LogP contribution in [-0.2, 0) is 0 Å². The average molecular weight is 257 g/mol. The van der Waals surface area contributed by atoms with E-state index in [0.29, 0.717) is 0 Å². The van der Waals surface area contributed by atoms with Gasteiger partial charge in [0, 0.05) is 11.7 Å². The molecule has 1 aromatic rings. The summed E-state index contributed by atoms with van der Waals surface area (Å²) in [7, 11) is 0. The number of urea groups is 1. The first-order valence-corrected chi connectivity index (χ1v) is 6.72. The molecule has 1 aromatic carbocycles. The van der Waals surface area contributed by atoms with Crippen molar-refractivity contribution in [3.8, 4) is 6.07 Å². The minimum Gasteiger partial charge on any atom is -0.308 e. The van der Waals surface area contributed by atoms with Crippen molar-refractivity contribution in [3.05, 3.63) is 29.8 Å². The van der Waals surface area contributed by atoms with Gasteiger partial charge in [0.25, 0.3) is 0 Å². The Hall–Kier alpha value is -2.02. The molecule has 1 aliphatic carbocycles. The fraction of sp³-hybridized carbons (Fsp3) is 0.467. The van der Waals surface area contributed by atoms with Crippen LogP contribution in [0.1, 0.15) is 31.2 Å². The molecule has 0 saturated heterocycles. The van der Waals surface area contributed by atoms with E-state index in [4.69, 9.17) is 5.26 Å². The van der Waals surface area contributed by atoms with Gasteiger partial charge in [0.1, 0.15) is 6.54 Å². The van der Waals surface area contributed by atoms with Gasteiger partial charge in [-0.2, -0.15) is 5.26 Å². The maximum Gasteiger partial charge on any atom is 0.322 e. The molecule has 0 unspecified atom stereocenters. The van der Waals surface area contributed by atoms with Gasteiger partial charge in [0.15, 0.2) is 0 Å². The number of hydrogen-bond acceptors (Lipinski definition) is 2. The molecular formula is C15H19N3O. The number of carbonyl (C=O) groups is 1. The van der Waals surface area contributed by atoms with Gasteiger partial charge in [-0.15, -0.1) is 0 Å². The molecule has 4 nitrogen and oxygen atoms in total. The smallest absolute Gasteiger partial charge is 0.308 e. The lowest BCUT2D eigenvalue weighted by molar-refractivity contribution is 0.197. The van der Waals surface area contributed by atoms with Gasteiger partial charge < -0.3 is 10.2 Å². The summed E-state index contributed by atoms with van der Waals surface area (Å²) in [5, 5.41) is 11.7. The lowest BCUT2D eigenvalue weighted by Crippen LogP contribution is -2.41. The fourth-order valence-electron chi connectivity index (χ4n) is 2.49. The van der Waals surface area contributed by atoms with Crippen molar-refractivity contribution in [2.24, 2.45) is 0 Å². The highest BCUT2D eigenvalue weighted by Crippen LogP contribution is 2.24. The topological polar surface area (TPSA) is 56.1 Å². The molecule has 1 aliphatic rings. The first-order chi connectivity index (χ1) is 9.20. The van der Waals surface area contributed by atoms with Crippen molar-refractivity contribution in [2.75, 3.05) is 11.9 Å². The van der Waals surface area contributed by atoms with Gasteiger partial charge in [-0.1, -0.05) is 30.5 Å². The normalized spacial score (nSPS) is 14.9. The van der Waals surface area contributed by atoms with Crippen LogP contribution in [0.3, 0.4) is 0 Å². The van der Waals surface area contributed by atoms with Gasteiger partial charge in [-0.05, 0) is 31.9 Å². The monoisotopic (exact) mass is 257 g/mol. The van der Waals surface area contributed by atoms with Crippen molar-refractivity contribution < 1.29 is 4.79 Å². The molecule has 0 atom stereocenters. The summed E-state index contributed by atoms with van der Waals surface area (Å²) in [4.78, 5) is 13.9. The van der Waals surface area contributed by atoms with E-state index in [1.807, 2.05) is 31.2 Å². The van der Waals surface area contributed by atoms with Crippen LogP contribution in [0.25, 0.3) is 0 Å². The van der Waals surface area contributed by atoms with E-state index in [1.54, 1.807) is 4.90 Å². The van der Waals surface area contributed by atoms with Crippen LogP contribution in [0.15, 0.2) is 24.3 Å². The average Bonchev–Trinajstić information content (AvgIpc) is 2.92. The number of nitrogens with one attached hydrogen (secondary N) is 1. The first-order valence-electron chi connectivity index (χ1n) is 6.72. The Bertz CT molecular complexity index is 469. The molecule has 0 aliphatic heterocycles. The minimum atomic E-state index is -0.169. The molecule has 0 heterocycles. The lowest BCUT2D eigenvalue weighted by Gasteiger charge is -2.26. The second-order valence-corrected chi connectivity index (χ2v) is 5.02. The second-order valence-electron chi connectivity index (χ2n) is 5.02. The molecule has 0 aromatic heterocycles. The van der Waals surface area contributed by atoms with Crippen LogP contribution in [0.2, 0.25) is 0 Å². The summed E-state index contributed by atoms with van der Waals surface area (Å²) in [6, 6.07) is 9.81. The van der Waals surface area contributed by atoms with Crippen LogP contribution in [-0.4, -0.2) is 23.5 Å². The van der Waals surface area contributed by atoms with E-state index in [2.05, 4.69) is 11.4 Å². The standard InChI is InChI=1S/C15H19N3O/c1-12-6-8-13(9-7-12)17-15(19)18(11-10-16)14-4-2-3-5-14/h6-9,14H,2-5,11H2,1H3,(H,17,19). The highest BCUT2D eigenvalue weighted by atomic mass is 16.2. The Morgan fingerprint density at radius 1 is 1.37 bits per heavy atom.